The summed E-state index contributed by atoms with van der Waals surface area (Å²) in [4.78, 5) is 4.61. The monoisotopic (exact) mass is 248 g/mol. The fraction of sp³-hybridized carbons (Fsp3) is 0.688. The van der Waals surface area contributed by atoms with Crippen LogP contribution < -0.4 is 5.36 Å². The maximum atomic E-state index is 4.61. The summed E-state index contributed by atoms with van der Waals surface area (Å²) in [6.45, 7) is 6.53. The van der Waals surface area contributed by atoms with Crippen LogP contribution in [0.4, 0.5) is 0 Å². The first kappa shape index (κ1) is 15.0. The maximum Gasteiger partial charge on any atom is 0.0603 e. The van der Waals surface area contributed by atoms with Crippen LogP contribution in [0, 0.1) is 0 Å². The Hall–Kier alpha value is -1.05. The van der Waals surface area contributed by atoms with Crippen molar-refractivity contribution in [1.29, 1.82) is 0 Å². The molecule has 2 heteroatoms. The van der Waals surface area contributed by atoms with Crippen molar-refractivity contribution < 1.29 is 0 Å². The van der Waals surface area contributed by atoms with Crippen molar-refractivity contribution in [3.63, 3.8) is 0 Å². The molecule has 0 radical (unpaired) electrons. The third-order valence-corrected chi connectivity index (χ3v) is 3.16. The van der Waals surface area contributed by atoms with Gasteiger partial charge in [0.15, 0.2) is 0 Å². The van der Waals surface area contributed by atoms with E-state index in [1.54, 1.807) is 0 Å². The molecule has 0 bridgehead atoms. The molecule has 0 saturated carbocycles. The molecule has 0 aliphatic rings. The second kappa shape index (κ2) is 9.93. The van der Waals surface area contributed by atoms with Crippen LogP contribution in [0.3, 0.4) is 0 Å². The standard InChI is InChI=1S/C16H28N2/c1-3-5-6-7-8-9-12-17-16-10-14-18(13-4-2)15-11-16/h10-11,14-15H,3-9,12-13H2,1-2H3. The van der Waals surface area contributed by atoms with Gasteiger partial charge in [0.05, 0.1) is 5.36 Å². The summed E-state index contributed by atoms with van der Waals surface area (Å²) in [5.74, 6) is 0. The van der Waals surface area contributed by atoms with Crippen LogP contribution in [-0.2, 0) is 6.54 Å². The van der Waals surface area contributed by atoms with Gasteiger partial charge in [-0.25, -0.2) is 0 Å². The van der Waals surface area contributed by atoms with E-state index in [9.17, 15) is 0 Å². The van der Waals surface area contributed by atoms with E-state index < -0.39 is 0 Å². The van der Waals surface area contributed by atoms with Gasteiger partial charge in [-0.2, -0.15) is 0 Å². The molecule has 0 amide bonds. The molecule has 0 aliphatic heterocycles. The second-order valence-electron chi connectivity index (χ2n) is 4.94. The first-order chi connectivity index (χ1) is 8.86. The molecule has 1 rings (SSSR count). The number of hydrogen-bond donors (Lipinski definition) is 0. The lowest BCUT2D eigenvalue weighted by atomic mass is 10.1. The molecule has 0 aromatic carbocycles. The first-order valence-electron chi connectivity index (χ1n) is 7.53. The number of aryl methyl sites for hydroxylation is 1. The van der Waals surface area contributed by atoms with E-state index in [1.807, 2.05) is 0 Å². The summed E-state index contributed by atoms with van der Waals surface area (Å²) >= 11 is 0. The van der Waals surface area contributed by atoms with Gasteiger partial charge in [-0.1, -0.05) is 46.0 Å². The highest BCUT2D eigenvalue weighted by molar-refractivity contribution is 4.93. The van der Waals surface area contributed by atoms with Crippen LogP contribution >= 0.6 is 0 Å². The molecule has 1 aromatic heterocycles. The highest BCUT2D eigenvalue weighted by Crippen LogP contribution is 2.04. The van der Waals surface area contributed by atoms with Crippen LogP contribution in [0.1, 0.15) is 58.8 Å². The Morgan fingerprint density at radius 1 is 0.889 bits per heavy atom. The van der Waals surface area contributed by atoms with Gasteiger partial charge in [-0.15, -0.1) is 0 Å². The minimum absolute atomic E-state index is 0.976. The fourth-order valence-electron chi connectivity index (χ4n) is 2.06. The van der Waals surface area contributed by atoms with E-state index in [2.05, 4.69) is 47.9 Å². The smallest absolute Gasteiger partial charge is 0.0603 e. The lowest BCUT2D eigenvalue weighted by molar-refractivity contribution is 0.610. The molecular formula is C16H28N2. The zero-order valence-corrected chi connectivity index (χ0v) is 12.1. The van der Waals surface area contributed by atoms with Crippen LogP contribution in [0.2, 0.25) is 0 Å². The highest BCUT2D eigenvalue weighted by atomic mass is 14.9. The molecular weight excluding hydrogens is 220 g/mol. The molecule has 102 valence electrons. The Morgan fingerprint density at radius 3 is 2.22 bits per heavy atom. The summed E-state index contributed by atoms with van der Waals surface area (Å²) in [7, 11) is 0. The van der Waals surface area contributed by atoms with Gasteiger partial charge >= 0.3 is 0 Å². The SMILES string of the molecule is CCCCCCCCN=c1ccn(CCC)cc1. The van der Waals surface area contributed by atoms with Gasteiger partial charge in [0.2, 0.25) is 0 Å². The molecule has 2 nitrogen and oxygen atoms in total. The number of aromatic nitrogens is 1. The highest BCUT2D eigenvalue weighted by Gasteiger charge is 1.89. The van der Waals surface area contributed by atoms with Crippen molar-refractivity contribution in [2.75, 3.05) is 6.54 Å². The topological polar surface area (TPSA) is 17.3 Å². The summed E-state index contributed by atoms with van der Waals surface area (Å²) in [5, 5.41) is 1.12. The number of pyridine rings is 1. The third-order valence-electron chi connectivity index (χ3n) is 3.16. The zero-order valence-electron chi connectivity index (χ0n) is 12.1. The molecule has 0 aliphatic carbocycles. The molecule has 0 saturated heterocycles. The van der Waals surface area contributed by atoms with Crippen LogP contribution in [0.5, 0.6) is 0 Å². The van der Waals surface area contributed by atoms with E-state index in [4.69, 9.17) is 0 Å². The number of hydrogen-bond acceptors (Lipinski definition) is 1. The lowest BCUT2D eigenvalue weighted by Gasteiger charge is -2.02. The Labute approximate surface area is 112 Å². The van der Waals surface area contributed by atoms with E-state index in [-0.39, 0.29) is 0 Å². The minimum atomic E-state index is 0.976. The van der Waals surface area contributed by atoms with Gasteiger partial charge in [-0.05, 0) is 25.0 Å². The Kier molecular flexibility index (Phi) is 8.28. The van der Waals surface area contributed by atoms with Gasteiger partial charge < -0.3 is 4.57 Å². The van der Waals surface area contributed by atoms with Crippen LogP contribution in [0.25, 0.3) is 0 Å². The molecule has 0 N–H and O–H groups in total. The van der Waals surface area contributed by atoms with E-state index >= 15 is 0 Å². The van der Waals surface area contributed by atoms with E-state index in [0.717, 1.165) is 18.4 Å². The first-order valence-corrected chi connectivity index (χ1v) is 7.53. The van der Waals surface area contributed by atoms with E-state index in [1.165, 1.54) is 44.9 Å². The average Bonchev–Trinajstić information content (AvgIpc) is 2.40. The summed E-state index contributed by atoms with van der Waals surface area (Å²) in [6.07, 6.45) is 13.5. The van der Waals surface area contributed by atoms with Crippen molar-refractivity contribution in [2.45, 2.75) is 65.3 Å². The van der Waals surface area contributed by atoms with Gasteiger partial charge in [0.25, 0.3) is 0 Å². The van der Waals surface area contributed by atoms with Gasteiger partial charge in [-0.3, -0.25) is 4.99 Å². The summed E-state index contributed by atoms with van der Waals surface area (Å²) in [5.41, 5.74) is 0. The van der Waals surface area contributed by atoms with Crippen molar-refractivity contribution in [3.8, 4) is 0 Å². The molecule has 1 heterocycles. The Balaban J connectivity index is 2.21. The molecule has 0 spiro atoms. The van der Waals surface area contributed by atoms with Crippen molar-refractivity contribution in [1.82, 2.24) is 4.57 Å². The second-order valence-corrected chi connectivity index (χ2v) is 4.94. The lowest BCUT2D eigenvalue weighted by Crippen LogP contribution is -2.06. The number of rotatable bonds is 9. The molecule has 1 aromatic rings. The van der Waals surface area contributed by atoms with Gasteiger partial charge in [0.1, 0.15) is 0 Å². The average molecular weight is 248 g/mol. The normalized spacial score (nSPS) is 10.6. The van der Waals surface area contributed by atoms with Crippen molar-refractivity contribution in [3.05, 3.63) is 29.9 Å². The third kappa shape index (κ3) is 6.63. The largest absolute Gasteiger partial charge is 0.354 e. The molecule has 18 heavy (non-hydrogen) atoms. The minimum Gasteiger partial charge on any atom is -0.354 e. The number of unbranched alkanes of at least 4 members (excludes halogenated alkanes) is 5. The molecule has 0 fully saturated rings. The van der Waals surface area contributed by atoms with Crippen molar-refractivity contribution >= 4 is 0 Å². The van der Waals surface area contributed by atoms with Gasteiger partial charge in [0, 0.05) is 25.5 Å². The predicted molar refractivity (Wildman–Crippen MR) is 78.5 cm³/mol. The zero-order chi connectivity index (χ0) is 13.1. The molecule has 0 atom stereocenters. The number of nitrogens with zero attached hydrogens (tertiary/aromatic N) is 2. The Morgan fingerprint density at radius 2 is 1.56 bits per heavy atom. The Bertz CT molecular complexity index is 345. The van der Waals surface area contributed by atoms with Crippen molar-refractivity contribution in [2.24, 2.45) is 4.99 Å². The fourth-order valence-corrected chi connectivity index (χ4v) is 2.06. The van der Waals surface area contributed by atoms with Crippen LogP contribution in [0.15, 0.2) is 29.5 Å². The van der Waals surface area contributed by atoms with Crippen LogP contribution in [-0.4, -0.2) is 11.1 Å². The summed E-state index contributed by atoms with van der Waals surface area (Å²) < 4.78 is 2.21. The van der Waals surface area contributed by atoms with E-state index in [0.29, 0.717) is 0 Å². The predicted octanol–water partition coefficient (Wildman–Crippen LogP) is 4.16. The molecule has 0 unspecified atom stereocenters. The quantitative estimate of drug-likeness (QED) is 0.584. The maximum absolute atomic E-state index is 4.61. The summed E-state index contributed by atoms with van der Waals surface area (Å²) in [6, 6.07) is 4.24.